The number of nitrogens with zero attached hydrogens (tertiary/aromatic N) is 3. The van der Waals surface area contributed by atoms with Crippen molar-refractivity contribution in [2.45, 2.75) is 57.4 Å². The van der Waals surface area contributed by atoms with Crippen molar-refractivity contribution in [3.05, 3.63) is 70.8 Å². The number of rotatable bonds is 8. The lowest BCUT2D eigenvalue weighted by atomic mass is 10.0. The Kier molecular flexibility index (Phi) is 5.59. The highest BCUT2D eigenvalue weighted by Gasteiger charge is 2.31. The summed E-state index contributed by atoms with van der Waals surface area (Å²) in [5.74, 6) is 1.93. The summed E-state index contributed by atoms with van der Waals surface area (Å²) in [7, 11) is 0. The maximum Gasteiger partial charge on any atom is 0.414 e. The number of benzene rings is 1. The second-order valence-corrected chi connectivity index (χ2v) is 8.70. The third-order valence-corrected chi connectivity index (χ3v) is 5.90. The van der Waals surface area contributed by atoms with Gasteiger partial charge < -0.3 is 14.6 Å². The van der Waals surface area contributed by atoms with Crippen LogP contribution in [0.5, 0.6) is 5.88 Å². The number of amides is 1. The van der Waals surface area contributed by atoms with Crippen molar-refractivity contribution in [3.8, 4) is 5.88 Å². The summed E-state index contributed by atoms with van der Waals surface area (Å²) in [6.07, 6.45) is 5.24. The molecule has 2 heterocycles. The van der Waals surface area contributed by atoms with Gasteiger partial charge in [0.25, 0.3) is 0 Å². The number of nitrogens with one attached hydrogen (secondary N) is 1. The van der Waals surface area contributed by atoms with Crippen molar-refractivity contribution >= 4 is 6.09 Å². The van der Waals surface area contributed by atoms with Crippen molar-refractivity contribution in [2.75, 3.05) is 0 Å². The van der Waals surface area contributed by atoms with Crippen LogP contribution >= 0.6 is 0 Å². The third kappa shape index (κ3) is 5.12. The molecule has 0 aliphatic heterocycles. The molecule has 0 radical (unpaired) electrons. The molecular formula is C24H25FN4O3. The molecule has 1 atom stereocenters. The van der Waals surface area contributed by atoms with Crippen LogP contribution in [0.25, 0.3) is 0 Å². The van der Waals surface area contributed by atoms with Crippen LogP contribution in [0, 0.1) is 18.7 Å². The lowest BCUT2D eigenvalue weighted by Gasteiger charge is -2.15. The summed E-state index contributed by atoms with van der Waals surface area (Å²) in [5, 5.41) is 6.83. The van der Waals surface area contributed by atoms with E-state index in [4.69, 9.17) is 9.26 Å². The van der Waals surface area contributed by atoms with E-state index in [1.807, 2.05) is 6.07 Å². The van der Waals surface area contributed by atoms with Crippen molar-refractivity contribution in [1.82, 2.24) is 20.4 Å². The minimum atomic E-state index is -0.600. The molecule has 1 N–H and O–H groups in total. The van der Waals surface area contributed by atoms with Crippen molar-refractivity contribution in [2.24, 2.45) is 5.92 Å². The number of aromatic nitrogens is 3. The van der Waals surface area contributed by atoms with E-state index in [0.29, 0.717) is 30.0 Å². The van der Waals surface area contributed by atoms with Gasteiger partial charge in [-0.05, 0) is 54.4 Å². The average molecular weight is 436 g/mol. The van der Waals surface area contributed by atoms with Gasteiger partial charge >= 0.3 is 6.09 Å². The molecule has 32 heavy (non-hydrogen) atoms. The Hall–Kier alpha value is -3.29. The molecule has 0 unspecified atom stereocenters. The zero-order chi connectivity index (χ0) is 22.1. The van der Waals surface area contributed by atoms with Crippen LogP contribution < -0.4 is 10.1 Å². The fourth-order valence-electron chi connectivity index (χ4n) is 3.89. The van der Waals surface area contributed by atoms with Crippen molar-refractivity contribution < 1.29 is 18.4 Å². The summed E-state index contributed by atoms with van der Waals surface area (Å²) in [6, 6.07) is 9.75. The van der Waals surface area contributed by atoms with E-state index in [9.17, 15) is 9.18 Å². The normalized spacial score (nSPS) is 16.6. The predicted octanol–water partition coefficient (Wildman–Crippen LogP) is 5.01. The van der Waals surface area contributed by atoms with E-state index in [-0.39, 0.29) is 17.7 Å². The Labute approximate surface area is 185 Å². The Bertz CT molecular complexity index is 1110. The van der Waals surface area contributed by atoms with Gasteiger partial charge in [-0.1, -0.05) is 36.2 Å². The molecule has 2 aromatic heterocycles. The minimum absolute atomic E-state index is 0.235. The number of hydrogen-bond acceptors (Lipinski definition) is 6. The average Bonchev–Trinajstić information content (AvgIpc) is 3.70. The number of pyridine rings is 1. The first-order chi connectivity index (χ1) is 15.5. The van der Waals surface area contributed by atoms with Gasteiger partial charge in [0.2, 0.25) is 11.8 Å². The third-order valence-electron chi connectivity index (χ3n) is 5.90. The van der Waals surface area contributed by atoms with Crippen molar-refractivity contribution in [3.63, 3.8) is 0 Å². The fourth-order valence-corrected chi connectivity index (χ4v) is 3.89. The number of ether oxygens (including phenoxy) is 1. The van der Waals surface area contributed by atoms with Gasteiger partial charge in [-0.25, -0.2) is 14.2 Å². The molecule has 1 aromatic carbocycles. The molecule has 0 saturated heterocycles. The largest absolute Gasteiger partial charge is 0.414 e. The van der Waals surface area contributed by atoms with Crippen LogP contribution in [0.4, 0.5) is 9.18 Å². The maximum absolute atomic E-state index is 13.3. The molecule has 166 valence electrons. The van der Waals surface area contributed by atoms with Gasteiger partial charge in [0.1, 0.15) is 5.82 Å². The second-order valence-electron chi connectivity index (χ2n) is 8.70. The molecule has 2 aliphatic carbocycles. The molecule has 0 bridgehead atoms. The standard InChI is InChI=1S/C24H25FN4O3/c1-14-26-23(29-32-14)21(13-15-2-3-15)28-24(30)31-22-11-10-19(17-6-7-17)20(27-22)12-16-4-8-18(25)9-5-16/h4-5,8-11,15,17,21H,2-3,6-7,12-13H2,1H3,(H,28,30)/t21-/m0/s1. The lowest BCUT2D eigenvalue weighted by Crippen LogP contribution is -2.32. The van der Waals surface area contributed by atoms with Gasteiger partial charge in [-0.2, -0.15) is 4.98 Å². The van der Waals surface area contributed by atoms with Gasteiger partial charge in [0, 0.05) is 19.4 Å². The smallest absolute Gasteiger partial charge is 0.391 e. The second kappa shape index (κ2) is 8.68. The van der Waals surface area contributed by atoms with Gasteiger partial charge in [0.15, 0.2) is 5.82 Å². The van der Waals surface area contributed by atoms with Crippen LogP contribution in [-0.2, 0) is 6.42 Å². The van der Waals surface area contributed by atoms with Crippen LogP contribution in [0.3, 0.4) is 0 Å². The summed E-state index contributed by atoms with van der Waals surface area (Å²) < 4.78 is 23.9. The molecule has 2 aliphatic rings. The molecule has 3 aromatic rings. The number of carbonyl (C=O) groups excluding carboxylic acids is 1. The SMILES string of the molecule is Cc1nc([C@H](CC2CC2)NC(=O)Oc2ccc(C3CC3)c(Cc3ccc(F)cc3)n2)no1. The van der Waals surface area contributed by atoms with E-state index < -0.39 is 6.09 Å². The highest BCUT2D eigenvalue weighted by atomic mass is 19.1. The first-order valence-electron chi connectivity index (χ1n) is 11.1. The summed E-state index contributed by atoms with van der Waals surface area (Å²) in [6.45, 7) is 1.72. The topological polar surface area (TPSA) is 90.1 Å². The number of halogens is 1. The lowest BCUT2D eigenvalue weighted by molar-refractivity contribution is 0.192. The first kappa shape index (κ1) is 20.6. The first-order valence-corrected chi connectivity index (χ1v) is 11.1. The number of aryl methyl sites for hydroxylation is 1. The molecule has 1 amide bonds. The predicted molar refractivity (Wildman–Crippen MR) is 114 cm³/mol. The highest BCUT2D eigenvalue weighted by Crippen LogP contribution is 2.42. The molecule has 8 heteroatoms. The van der Waals surface area contributed by atoms with Crippen LogP contribution in [0.2, 0.25) is 0 Å². The van der Waals surface area contributed by atoms with Crippen LogP contribution in [0.1, 0.15) is 72.6 Å². The molecule has 2 fully saturated rings. The zero-order valence-electron chi connectivity index (χ0n) is 17.9. The molecular weight excluding hydrogens is 411 g/mol. The van der Waals surface area contributed by atoms with E-state index in [0.717, 1.165) is 48.9 Å². The minimum Gasteiger partial charge on any atom is -0.391 e. The molecule has 7 nitrogen and oxygen atoms in total. The number of carbonyl (C=O) groups is 1. The Morgan fingerprint density at radius 3 is 2.59 bits per heavy atom. The Morgan fingerprint density at radius 2 is 1.94 bits per heavy atom. The Balaban J connectivity index is 1.30. The van der Waals surface area contributed by atoms with Crippen LogP contribution in [-0.4, -0.2) is 21.2 Å². The number of hydrogen-bond donors (Lipinski definition) is 1. The van der Waals surface area contributed by atoms with Gasteiger partial charge in [0.05, 0.1) is 11.7 Å². The molecule has 5 rings (SSSR count). The summed E-state index contributed by atoms with van der Waals surface area (Å²) in [4.78, 5) is 21.5. The monoisotopic (exact) mass is 436 g/mol. The van der Waals surface area contributed by atoms with Gasteiger partial charge in [-0.15, -0.1) is 0 Å². The molecule has 2 saturated carbocycles. The van der Waals surface area contributed by atoms with E-state index in [1.165, 1.54) is 12.1 Å². The van der Waals surface area contributed by atoms with Crippen LogP contribution in [0.15, 0.2) is 40.9 Å². The Morgan fingerprint density at radius 1 is 1.16 bits per heavy atom. The summed E-state index contributed by atoms with van der Waals surface area (Å²) in [5.41, 5.74) is 2.98. The van der Waals surface area contributed by atoms with E-state index in [1.54, 1.807) is 25.1 Å². The van der Waals surface area contributed by atoms with E-state index >= 15 is 0 Å². The summed E-state index contributed by atoms with van der Waals surface area (Å²) >= 11 is 0. The highest BCUT2D eigenvalue weighted by molar-refractivity contribution is 5.70. The fraction of sp³-hybridized carbons (Fsp3) is 0.417. The van der Waals surface area contributed by atoms with Gasteiger partial charge in [-0.3, -0.25) is 0 Å². The van der Waals surface area contributed by atoms with E-state index in [2.05, 4.69) is 20.4 Å². The maximum atomic E-state index is 13.3. The zero-order valence-corrected chi connectivity index (χ0v) is 17.9. The molecule has 0 spiro atoms. The van der Waals surface area contributed by atoms with Crippen molar-refractivity contribution in [1.29, 1.82) is 0 Å². The quantitative estimate of drug-likeness (QED) is 0.534.